The van der Waals surface area contributed by atoms with Crippen LogP contribution >= 0.6 is 15.6 Å². The number of phosphoric acid groups is 2. The maximum absolute atomic E-state index is 13.1. The summed E-state index contributed by atoms with van der Waals surface area (Å²) in [5, 5.41) is 10.6. The molecule has 0 aliphatic heterocycles. The van der Waals surface area contributed by atoms with E-state index >= 15 is 0 Å². The van der Waals surface area contributed by atoms with E-state index in [1.54, 1.807) is 0 Å². The van der Waals surface area contributed by atoms with Crippen molar-refractivity contribution in [2.24, 2.45) is 23.7 Å². The number of rotatable bonds is 72. The largest absolute Gasteiger partial charge is 0.472 e. The number of phosphoric ester groups is 2. The highest BCUT2D eigenvalue weighted by Gasteiger charge is 2.30. The topological polar surface area (TPSA) is 237 Å². The Kier molecular flexibility index (Phi) is 63.1. The van der Waals surface area contributed by atoms with Crippen LogP contribution in [-0.2, 0) is 65.4 Å². The molecule has 0 rings (SSSR count). The molecule has 558 valence electrons. The predicted molar refractivity (Wildman–Crippen MR) is 381 cm³/mol. The van der Waals surface area contributed by atoms with Gasteiger partial charge in [-0.25, -0.2) is 9.13 Å². The second kappa shape index (κ2) is 64.4. The van der Waals surface area contributed by atoms with Crippen LogP contribution in [0.25, 0.3) is 0 Å². The molecule has 17 nitrogen and oxygen atoms in total. The van der Waals surface area contributed by atoms with Crippen molar-refractivity contribution < 1.29 is 80.2 Å². The second-order valence-electron chi connectivity index (χ2n) is 28.9. The van der Waals surface area contributed by atoms with Gasteiger partial charge in [-0.15, -0.1) is 0 Å². The first-order valence-corrected chi connectivity index (χ1v) is 41.7. The fourth-order valence-corrected chi connectivity index (χ4v) is 13.0. The first-order valence-electron chi connectivity index (χ1n) is 38.7. The molecular weight excluding hydrogens is 1230 g/mol. The van der Waals surface area contributed by atoms with Gasteiger partial charge >= 0.3 is 39.5 Å². The fraction of sp³-hybridized carbons (Fsp3) is 0.947. The summed E-state index contributed by atoms with van der Waals surface area (Å²) in [6, 6.07) is 0. The van der Waals surface area contributed by atoms with E-state index in [4.69, 9.17) is 37.0 Å². The summed E-state index contributed by atoms with van der Waals surface area (Å²) in [6.45, 7) is 14.1. The summed E-state index contributed by atoms with van der Waals surface area (Å²) in [4.78, 5) is 72.7. The van der Waals surface area contributed by atoms with Gasteiger partial charge in [0.15, 0.2) is 12.2 Å². The number of aliphatic hydroxyl groups is 1. The summed E-state index contributed by atoms with van der Waals surface area (Å²) in [6.07, 6.45) is 48.9. The predicted octanol–water partition coefficient (Wildman–Crippen LogP) is 21.7. The molecule has 0 heterocycles. The number of esters is 4. The smallest absolute Gasteiger partial charge is 0.462 e. The van der Waals surface area contributed by atoms with Gasteiger partial charge in [0.25, 0.3) is 0 Å². The number of ether oxygens (including phenoxy) is 4. The van der Waals surface area contributed by atoms with E-state index in [0.717, 1.165) is 108 Å². The summed E-state index contributed by atoms with van der Waals surface area (Å²) in [5.41, 5.74) is 0. The highest BCUT2D eigenvalue weighted by atomic mass is 31.2. The maximum atomic E-state index is 13.1. The van der Waals surface area contributed by atoms with E-state index in [9.17, 15) is 43.2 Å². The molecule has 0 aromatic heterocycles. The van der Waals surface area contributed by atoms with Crippen LogP contribution in [0.15, 0.2) is 0 Å². The molecule has 3 unspecified atom stereocenters. The van der Waals surface area contributed by atoms with Crippen molar-refractivity contribution in [3.8, 4) is 0 Å². The first kappa shape index (κ1) is 92.1. The number of carbonyl (C=O) groups is 4. The van der Waals surface area contributed by atoms with Gasteiger partial charge in [-0.2, -0.15) is 0 Å². The first-order chi connectivity index (χ1) is 45.1. The third-order valence-corrected chi connectivity index (χ3v) is 19.2. The Morgan fingerprint density at radius 1 is 0.266 bits per heavy atom. The molecule has 0 radical (unpaired) electrons. The molecule has 0 saturated heterocycles. The third kappa shape index (κ3) is 68.6. The Balaban J connectivity index is 5.21. The zero-order chi connectivity index (χ0) is 69.6. The Bertz CT molecular complexity index is 1850. The van der Waals surface area contributed by atoms with E-state index in [1.165, 1.54) is 173 Å². The van der Waals surface area contributed by atoms with Crippen LogP contribution in [0.2, 0.25) is 0 Å². The Morgan fingerprint density at radius 2 is 0.447 bits per heavy atom. The molecule has 0 fully saturated rings. The molecule has 0 aromatic carbocycles. The molecule has 0 spiro atoms. The van der Waals surface area contributed by atoms with Crippen molar-refractivity contribution in [1.29, 1.82) is 0 Å². The monoisotopic (exact) mass is 1380 g/mol. The van der Waals surface area contributed by atoms with E-state index in [1.807, 2.05) is 0 Å². The van der Waals surface area contributed by atoms with Gasteiger partial charge in [0.05, 0.1) is 26.4 Å². The van der Waals surface area contributed by atoms with Crippen LogP contribution in [-0.4, -0.2) is 96.7 Å². The van der Waals surface area contributed by atoms with E-state index in [0.29, 0.717) is 37.5 Å². The molecule has 0 aromatic rings. The van der Waals surface area contributed by atoms with Crippen LogP contribution in [0, 0.1) is 23.7 Å². The minimum atomic E-state index is -4.96. The minimum absolute atomic E-state index is 0.101. The summed E-state index contributed by atoms with van der Waals surface area (Å²) in [7, 11) is -9.91. The van der Waals surface area contributed by atoms with Crippen LogP contribution < -0.4 is 0 Å². The molecule has 0 aliphatic carbocycles. The molecule has 0 saturated carbocycles. The van der Waals surface area contributed by atoms with Crippen LogP contribution in [0.3, 0.4) is 0 Å². The second-order valence-corrected chi connectivity index (χ2v) is 31.9. The van der Waals surface area contributed by atoms with E-state index in [2.05, 4.69) is 55.4 Å². The number of hydrogen-bond donors (Lipinski definition) is 3. The lowest BCUT2D eigenvalue weighted by atomic mass is 10.0. The maximum Gasteiger partial charge on any atom is 0.472 e. The van der Waals surface area contributed by atoms with Gasteiger partial charge in [0, 0.05) is 25.7 Å². The zero-order valence-corrected chi connectivity index (χ0v) is 63.4. The van der Waals surface area contributed by atoms with Gasteiger partial charge in [0.2, 0.25) is 0 Å². The Labute approximate surface area is 575 Å². The lowest BCUT2D eigenvalue weighted by Gasteiger charge is -2.21. The summed E-state index contributed by atoms with van der Waals surface area (Å²) < 4.78 is 68.4. The normalized spacial score (nSPS) is 14.2. The molecule has 0 amide bonds. The van der Waals surface area contributed by atoms with Crippen LogP contribution in [0.5, 0.6) is 0 Å². The van der Waals surface area contributed by atoms with Crippen molar-refractivity contribution in [2.75, 3.05) is 39.6 Å². The standard InChI is InChI=1S/C75H146O17P2/c1-65(2)51-43-35-27-22-18-14-10-9-11-17-21-25-31-41-49-57-74(79)91-70(61-85-72(77)55-47-39-30-24-20-16-13-12-15-19-23-28-36-44-52-66(3)4)63-89-93(81,82)87-59-69(76)60-88-94(83,84)90-64-71(92-75(80)58-50-42-34-33-38-46-54-68(7)8)62-86-73(78)56-48-40-32-26-29-37-45-53-67(5)6/h65-71,76H,9-64H2,1-8H3,(H,81,82)(H,83,84)/t69?,70-,71-/m1/s1. The zero-order valence-electron chi connectivity index (χ0n) is 61.6. The lowest BCUT2D eigenvalue weighted by molar-refractivity contribution is -0.161. The van der Waals surface area contributed by atoms with Crippen molar-refractivity contribution in [3.63, 3.8) is 0 Å². The fourth-order valence-electron chi connectivity index (χ4n) is 11.4. The highest BCUT2D eigenvalue weighted by molar-refractivity contribution is 7.47. The third-order valence-electron chi connectivity index (χ3n) is 17.3. The van der Waals surface area contributed by atoms with Gasteiger partial charge < -0.3 is 33.8 Å². The van der Waals surface area contributed by atoms with Gasteiger partial charge in [0.1, 0.15) is 19.3 Å². The van der Waals surface area contributed by atoms with E-state index < -0.39 is 97.5 Å². The van der Waals surface area contributed by atoms with Crippen molar-refractivity contribution in [1.82, 2.24) is 0 Å². The average molecular weight is 1380 g/mol. The average Bonchev–Trinajstić information content (AvgIpc) is 1.29. The minimum Gasteiger partial charge on any atom is -0.462 e. The molecule has 0 aliphatic rings. The van der Waals surface area contributed by atoms with Crippen molar-refractivity contribution in [3.05, 3.63) is 0 Å². The van der Waals surface area contributed by atoms with E-state index in [-0.39, 0.29) is 25.7 Å². The van der Waals surface area contributed by atoms with Gasteiger partial charge in [-0.05, 0) is 49.4 Å². The summed E-state index contributed by atoms with van der Waals surface area (Å²) >= 11 is 0. The van der Waals surface area contributed by atoms with Crippen LogP contribution in [0.1, 0.15) is 376 Å². The highest BCUT2D eigenvalue weighted by Crippen LogP contribution is 2.45. The number of aliphatic hydroxyl groups excluding tert-OH is 1. The number of hydrogen-bond acceptors (Lipinski definition) is 15. The SMILES string of the molecule is CC(C)CCCCCCCCCCCCCCCCCC(=O)O[C@H](COC(=O)CCCCCCCCCCCCCCCCC(C)C)COP(=O)(O)OCC(O)COP(=O)(O)OC[C@@H](COC(=O)CCCCCCCCCC(C)C)OC(=O)CCCCCCCCC(C)C. The Morgan fingerprint density at radius 3 is 0.660 bits per heavy atom. The molecule has 3 N–H and O–H groups in total. The lowest BCUT2D eigenvalue weighted by Crippen LogP contribution is -2.30. The van der Waals surface area contributed by atoms with Crippen molar-refractivity contribution >= 4 is 39.5 Å². The van der Waals surface area contributed by atoms with Crippen molar-refractivity contribution in [2.45, 2.75) is 395 Å². The molecule has 5 atom stereocenters. The molecule has 94 heavy (non-hydrogen) atoms. The molecule has 19 heteroatoms. The number of carbonyl (C=O) groups excluding carboxylic acids is 4. The molecule has 0 bridgehead atoms. The van der Waals surface area contributed by atoms with Crippen LogP contribution in [0.4, 0.5) is 0 Å². The molecular formula is C75H146O17P2. The van der Waals surface area contributed by atoms with Gasteiger partial charge in [-0.1, -0.05) is 325 Å². The Hall–Kier alpha value is -1.94. The number of unbranched alkanes of at least 4 members (excludes halogenated alkanes) is 38. The van der Waals surface area contributed by atoms with Gasteiger partial charge in [-0.3, -0.25) is 37.3 Å². The quantitative estimate of drug-likeness (QED) is 0.0222. The summed E-state index contributed by atoms with van der Waals surface area (Å²) in [5.74, 6) is 0.849.